The van der Waals surface area contributed by atoms with Gasteiger partial charge in [0, 0.05) is 32.7 Å². The highest BCUT2D eigenvalue weighted by Gasteiger charge is 2.29. The van der Waals surface area contributed by atoms with Crippen LogP contribution in [0.1, 0.15) is 24.1 Å². The molecule has 1 amide bonds. The molecule has 2 aromatic carbocycles. The Balaban J connectivity index is 1.70. The van der Waals surface area contributed by atoms with Crippen molar-refractivity contribution in [1.29, 1.82) is 5.26 Å². The second-order valence-electron chi connectivity index (χ2n) is 7.05. The minimum Gasteiger partial charge on any atom is -0.354 e. The van der Waals surface area contributed by atoms with Crippen molar-refractivity contribution in [2.45, 2.75) is 12.5 Å². The van der Waals surface area contributed by atoms with E-state index in [0.717, 1.165) is 31.7 Å². The number of nitrogens with one attached hydrogen (secondary N) is 1. The van der Waals surface area contributed by atoms with E-state index < -0.39 is 11.9 Å². The van der Waals surface area contributed by atoms with Crippen LogP contribution in [-0.2, 0) is 11.2 Å². The third-order valence-corrected chi connectivity index (χ3v) is 5.04. The molecule has 3 rings (SSSR count). The molecule has 0 saturated carbocycles. The quantitative estimate of drug-likeness (QED) is 0.833. The Hall–Kier alpha value is -2.75. The summed E-state index contributed by atoms with van der Waals surface area (Å²) in [5.74, 6) is -0.536. The van der Waals surface area contributed by atoms with Crippen molar-refractivity contribution >= 4 is 5.91 Å². The first-order valence-corrected chi connectivity index (χ1v) is 9.43. The van der Waals surface area contributed by atoms with Crippen molar-refractivity contribution in [2.24, 2.45) is 0 Å². The number of carbonyl (C=O) groups is 1. The van der Waals surface area contributed by atoms with E-state index in [9.17, 15) is 9.18 Å². The maximum absolute atomic E-state index is 13.2. The van der Waals surface area contributed by atoms with Crippen LogP contribution in [0.25, 0.3) is 0 Å². The number of amides is 1. The predicted molar refractivity (Wildman–Crippen MR) is 106 cm³/mol. The van der Waals surface area contributed by atoms with Gasteiger partial charge in [0.2, 0.25) is 5.91 Å². The molecule has 2 aromatic rings. The highest BCUT2D eigenvalue weighted by Crippen LogP contribution is 2.23. The maximum Gasteiger partial charge on any atom is 0.241 e. The lowest BCUT2D eigenvalue weighted by Gasteiger charge is -2.37. The highest BCUT2D eigenvalue weighted by atomic mass is 19.1. The zero-order chi connectivity index (χ0) is 20.8. The molecule has 1 aliphatic heterocycles. The summed E-state index contributed by atoms with van der Waals surface area (Å²) in [7, 11) is 2.06. The van der Waals surface area contributed by atoms with Crippen molar-refractivity contribution < 1.29 is 10.6 Å². The van der Waals surface area contributed by atoms with Gasteiger partial charge in [-0.25, -0.2) is 4.39 Å². The van der Waals surface area contributed by atoms with E-state index in [2.05, 4.69) is 28.2 Å². The second-order valence-corrected chi connectivity index (χ2v) is 7.05. The lowest BCUT2D eigenvalue weighted by molar-refractivity contribution is -0.127. The van der Waals surface area contributed by atoms with Gasteiger partial charge >= 0.3 is 0 Å². The van der Waals surface area contributed by atoms with Gasteiger partial charge in [0.1, 0.15) is 11.9 Å². The number of hydrogen-bond acceptors (Lipinski definition) is 4. The molecule has 0 spiro atoms. The fourth-order valence-corrected chi connectivity index (χ4v) is 3.36. The summed E-state index contributed by atoms with van der Waals surface area (Å²) in [6.07, 6.45) is 0.466. The number of hydrogen-bond donors (Lipinski definition) is 1. The first kappa shape index (κ1) is 18.6. The fraction of sp³-hybridized carbons (Fsp3) is 0.364. The van der Waals surface area contributed by atoms with E-state index in [-0.39, 0.29) is 11.9 Å². The van der Waals surface area contributed by atoms with Crippen LogP contribution in [0.5, 0.6) is 0 Å². The average molecular weight is 382 g/mol. The number of nitriles is 1. The van der Waals surface area contributed by atoms with Gasteiger partial charge in [0.25, 0.3) is 0 Å². The summed E-state index contributed by atoms with van der Waals surface area (Å²) in [5.41, 5.74) is 2.11. The summed E-state index contributed by atoms with van der Waals surface area (Å²) < 4.78 is 21.0. The van der Waals surface area contributed by atoms with Crippen molar-refractivity contribution in [3.8, 4) is 6.07 Å². The summed E-state index contributed by atoms with van der Waals surface area (Å²) >= 11 is 0. The lowest BCUT2D eigenvalue weighted by Crippen LogP contribution is -2.50. The van der Waals surface area contributed by atoms with Crippen LogP contribution in [0.2, 0.25) is 0 Å². The molecule has 1 heterocycles. The van der Waals surface area contributed by atoms with Crippen LogP contribution in [0.4, 0.5) is 4.39 Å². The number of halogens is 1. The standard InChI is InChI=1S/C22H25FN4O/c1-26-12-14-27(15-13-26)21(19-6-2-18(16-24)3-7-19)22(28)25-11-10-17-4-8-20(23)9-5-17/h2-9,21H,10-15H2,1H3,(H,25,28)/t21-/m1/s1/i4T. The van der Waals surface area contributed by atoms with Gasteiger partial charge in [-0.1, -0.05) is 24.2 Å². The molecule has 5 nitrogen and oxygen atoms in total. The molecular weight excluding hydrogens is 355 g/mol. The van der Waals surface area contributed by atoms with E-state index in [1.54, 1.807) is 18.2 Å². The van der Waals surface area contributed by atoms with Gasteiger partial charge in [0.15, 0.2) is 0 Å². The molecule has 1 fully saturated rings. The van der Waals surface area contributed by atoms with Crippen LogP contribution < -0.4 is 5.32 Å². The van der Waals surface area contributed by atoms with Crippen molar-refractivity contribution in [1.82, 2.24) is 15.1 Å². The maximum atomic E-state index is 13.2. The number of benzene rings is 2. The van der Waals surface area contributed by atoms with Crippen LogP contribution in [0.3, 0.4) is 0 Å². The largest absolute Gasteiger partial charge is 0.354 e. The molecule has 1 N–H and O–H groups in total. The molecular formula is C22H25FN4O. The van der Waals surface area contributed by atoms with Gasteiger partial charge in [0.05, 0.1) is 13.0 Å². The summed E-state index contributed by atoms with van der Waals surface area (Å²) in [5, 5.41) is 12.0. The van der Waals surface area contributed by atoms with Gasteiger partial charge in [-0.2, -0.15) is 5.26 Å². The number of piperazine rings is 1. The molecule has 1 saturated heterocycles. The molecule has 146 valence electrons. The van der Waals surface area contributed by atoms with E-state index in [0.29, 0.717) is 24.1 Å². The van der Waals surface area contributed by atoms with Gasteiger partial charge in [-0.05, 0) is 48.9 Å². The minimum atomic E-state index is -0.432. The zero-order valence-electron chi connectivity index (χ0n) is 17.0. The minimum absolute atomic E-state index is 0.104. The van der Waals surface area contributed by atoms with E-state index in [1.165, 1.54) is 12.1 Å². The van der Waals surface area contributed by atoms with E-state index in [4.69, 9.17) is 6.63 Å². The highest BCUT2D eigenvalue weighted by molar-refractivity contribution is 5.83. The third kappa shape index (κ3) is 5.16. The topological polar surface area (TPSA) is 59.4 Å². The zero-order valence-corrected chi connectivity index (χ0v) is 16.0. The molecule has 0 radical (unpaired) electrons. The Morgan fingerprint density at radius 1 is 1.21 bits per heavy atom. The first-order valence-electron chi connectivity index (χ1n) is 9.93. The smallest absolute Gasteiger partial charge is 0.241 e. The summed E-state index contributed by atoms with van der Waals surface area (Å²) in [4.78, 5) is 17.5. The van der Waals surface area contributed by atoms with Gasteiger partial charge in [-0.15, -0.1) is 0 Å². The normalized spacial score (nSPS) is 16.8. The number of carbonyl (C=O) groups excluding carboxylic acids is 1. The van der Waals surface area contributed by atoms with E-state index in [1.807, 2.05) is 12.1 Å². The van der Waals surface area contributed by atoms with Gasteiger partial charge < -0.3 is 10.2 Å². The third-order valence-electron chi connectivity index (χ3n) is 5.04. The molecule has 0 unspecified atom stereocenters. The van der Waals surface area contributed by atoms with Crippen LogP contribution in [-0.4, -0.2) is 55.5 Å². The van der Waals surface area contributed by atoms with E-state index >= 15 is 0 Å². The number of rotatable bonds is 6. The molecule has 6 heteroatoms. The molecule has 1 atom stereocenters. The molecule has 28 heavy (non-hydrogen) atoms. The Morgan fingerprint density at radius 3 is 2.57 bits per heavy atom. The predicted octanol–water partition coefficient (Wildman–Crippen LogP) is 2.34. The SMILES string of the molecule is [3H]c1cc(F)ccc1CCNC(=O)[C@@H](c1ccc(C#N)cc1)N1CCN(C)CC1. The van der Waals surface area contributed by atoms with Crippen LogP contribution in [0, 0.1) is 17.1 Å². The molecule has 0 aliphatic carbocycles. The molecule has 0 aromatic heterocycles. The summed E-state index contributed by atoms with van der Waals surface area (Å²) in [6.45, 7) is 3.71. The lowest BCUT2D eigenvalue weighted by atomic mass is 10.0. The van der Waals surface area contributed by atoms with Crippen LogP contribution in [0.15, 0.2) is 48.5 Å². The van der Waals surface area contributed by atoms with Crippen molar-refractivity contribution in [2.75, 3.05) is 39.8 Å². The average Bonchev–Trinajstić information content (AvgIpc) is 2.72. The van der Waals surface area contributed by atoms with Crippen LogP contribution >= 0.6 is 0 Å². The van der Waals surface area contributed by atoms with Crippen molar-refractivity contribution in [3.05, 3.63) is 71.0 Å². The van der Waals surface area contributed by atoms with Gasteiger partial charge in [-0.3, -0.25) is 9.69 Å². The summed E-state index contributed by atoms with van der Waals surface area (Å²) in [6, 6.07) is 13.1. The monoisotopic (exact) mass is 382 g/mol. The Bertz CT molecular complexity index is 889. The van der Waals surface area contributed by atoms with Crippen molar-refractivity contribution in [3.63, 3.8) is 0 Å². The second kappa shape index (κ2) is 9.45. The Morgan fingerprint density at radius 2 is 1.93 bits per heavy atom. The number of likely N-dealkylation sites (N-methyl/N-ethyl adjacent to an activating group) is 1. The number of nitrogens with zero attached hydrogens (tertiary/aromatic N) is 3. The Labute approximate surface area is 166 Å². The molecule has 0 bridgehead atoms. The Kier molecular flexibility index (Phi) is 6.28. The first-order chi connectivity index (χ1) is 14.0. The molecule has 1 aliphatic rings. The fourth-order valence-electron chi connectivity index (χ4n) is 3.36.